The standard InChI is InChI=1S/C23H25F3N6O2/c1-15-4-7-31(29-15)13-20(33)32-14-22(11-19(32)21(28)34)5-8-30(9-6-22)17-3-2-16(12-27)18(10-17)23(24,25)26/h2-4,7,10,19H,5-6,8-9,11,13-14H2,1H3,(H2,28,34). The first-order valence-corrected chi connectivity index (χ1v) is 11.0. The Kier molecular flexibility index (Phi) is 6.02. The van der Waals surface area contributed by atoms with E-state index in [0.29, 0.717) is 44.6 Å². The van der Waals surface area contributed by atoms with Crippen LogP contribution in [0.25, 0.3) is 0 Å². The summed E-state index contributed by atoms with van der Waals surface area (Å²) < 4.78 is 41.6. The van der Waals surface area contributed by atoms with Crippen LogP contribution in [0.3, 0.4) is 0 Å². The van der Waals surface area contributed by atoms with Crippen molar-refractivity contribution < 1.29 is 22.8 Å². The molecule has 11 heteroatoms. The predicted molar refractivity (Wildman–Crippen MR) is 116 cm³/mol. The molecule has 34 heavy (non-hydrogen) atoms. The minimum Gasteiger partial charge on any atom is -0.371 e. The highest BCUT2D eigenvalue weighted by molar-refractivity contribution is 5.87. The maximum atomic E-state index is 13.4. The van der Waals surface area contributed by atoms with Crippen LogP contribution in [-0.2, 0) is 22.3 Å². The molecule has 4 rings (SSSR count). The Hall–Kier alpha value is -3.55. The van der Waals surface area contributed by atoms with E-state index in [9.17, 15) is 22.8 Å². The van der Waals surface area contributed by atoms with Gasteiger partial charge in [-0.2, -0.15) is 23.5 Å². The molecule has 1 aromatic heterocycles. The molecule has 0 bridgehead atoms. The van der Waals surface area contributed by atoms with Gasteiger partial charge < -0.3 is 15.5 Å². The molecule has 0 saturated carbocycles. The Bertz CT molecular complexity index is 1140. The normalized spacial score (nSPS) is 19.9. The molecule has 1 atom stereocenters. The van der Waals surface area contributed by atoms with E-state index in [1.807, 2.05) is 11.8 Å². The second kappa shape index (κ2) is 8.66. The Morgan fingerprint density at radius 1 is 1.26 bits per heavy atom. The fourth-order valence-corrected chi connectivity index (χ4v) is 5.02. The number of alkyl halides is 3. The van der Waals surface area contributed by atoms with Crippen LogP contribution in [0.2, 0.25) is 0 Å². The van der Waals surface area contributed by atoms with E-state index in [-0.39, 0.29) is 17.9 Å². The summed E-state index contributed by atoms with van der Waals surface area (Å²) in [5.41, 5.74) is 5.10. The zero-order chi connectivity index (χ0) is 24.7. The van der Waals surface area contributed by atoms with E-state index in [0.717, 1.165) is 11.8 Å². The zero-order valence-corrected chi connectivity index (χ0v) is 18.7. The predicted octanol–water partition coefficient (Wildman–Crippen LogP) is 2.45. The summed E-state index contributed by atoms with van der Waals surface area (Å²) in [4.78, 5) is 28.5. The number of carbonyl (C=O) groups excluding carboxylic acids is 2. The van der Waals surface area contributed by atoms with E-state index >= 15 is 0 Å². The fraction of sp³-hybridized carbons (Fsp3) is 0.478. The highest BCUT2D eigenvalue weighted by atomic mass is 19.4. The highest BCUT2D eigenvalue weighted by Gasteiger charge is 2.49. The largest absolute Gasteiger partial charge is 0.417 e. The third kappa shape index (κ3) is 4.58. The first-order valence-electron chi connectivity index (χ1n) is 11.0. The number of hydrogen-bond donors (Lipinski definition) is 1. The van der Waals surface area contributed by atoms with Crippen LogP contribution in [0.1, 0.15) is 36.1 Å². The van der Waals surface area contributed by atoms with E-state index in [4.69, 9.17) is 11.0 Å². The van der Waals surface area contributed by atoms with Gasteiger partial charge in [-0.05, 0) is 55.9 Å². The number of piperidine rings is 1. The van der Waals surface area contributed by atoms with Gasteiger partial charge in [0.15, 0.2) is 0 Å². The highest BCUT2D eigenvalue weighted by Crippen LogP contribution is 2.44. The molecule has 1 spiro atoms. The Morgan fingerprint density at radius 2 is 1.97 bits per heavy atom. The first-order chi connectivity index (χ1) is 16.0. The van der Waals surface area contributed by atoms with Crippen LogP contribution < -0.4 is 10.6 Å². The van der Waals surface area contributed by atoms with Crippen molar-refractivity contribution in [2.24, 2.45) is 11.1 Å². The molecule has 2 fully saturated rings. The lowest BCUT2D eigenvalue weighted by molar-refractivity contribution is -0.138. The minimum absolute atomic E-state index is 0.00524. The van der Waals surface area contributed by atoms with Crippen molar-refractivity contribution in [3.63, 3.8) is 0 Å². The van der Waals surface area contributed by atoms with Gasteiger partial charge in [-0.25, -0.2) is 0 Å². The number of primary amides is 1. The number of nitriles is 1. The third-order valence-electron chi connectivity index (χ3n) is 6.85. The van der Waals surface area contributed by atoms with Crippen molar-refractivity contribution in [1.29, 1.82) is 5.26 Å². The van der Waals surface area contributed by atoms with Gasteiger partial charge in [0.25, 0.3) is 0 Å². The molecule has 180 valence electrons. The van der Waals surface area contributed by atoms with Crippen LogP contribution in [0.5, 0.6) is 0 Å². The molecule has 2 aliphatic heterocycles. The lowest BCUT2D eigenvalue weighted by atomic mass is 9.76. The summed E-state index contributed by atoms with van der Waals surface area (Å²) in [5.74, 6) is -0.806. The van der Waals surface area contributed by atoms with Crippen molar-refractivity contribution >= 4 is 17.5 Å². The van der Waals surface area contributed by atoms with Gasteiger partial charge in [0, 0.05) is 31.5 Å². The number of aromatic nitrogens is 2. The SMILES string of the molecule is Cc1ccn(CC(=O)N2CC3(CCN(c4ccc(C#N)c(C(F)(F)F)c4)CC3)CC2C(N)=O)n1. The summed E-state index contributed by atoms with van der Waals surface area (Å²) in [6.45, 7) is 3.13. The molecule has 3 heterocycles. The summed E-state index contributed by atoms with van der Waals surface area (Å²) in [6.07, 6.45) is -1.29. The number of carbonyl (C=O) groups is 2. The number of halogens is 3. The smallest absolute Gasteiger partial charge is 0.371 e. The molecule has 2 amide bonds. The van der Waals surface area contributed by atoms with Crippen molar-refractivity contribution in [3.05, 3.63) is 47.3 Å². The molecule has 8 nitrogen and oxygen atoms in total. The number of anilines is 1. The molecular formula is C23H25F3N6O2. The number of aryl methyl sites for hydroxylation is 1. The van der Waals surface area contributed by atoms with Crippen molar-refractivity contribution in [2.45, 2.75) is 44.9 Å². The average molecular weight is 474 g/mol. The average Bonchev–Trinajstić information content (AvgIpc) is 3.37. The summed E-state index contributed by atoms with van der Waals surface area (Å²) in [5, 5.41) is 13.2. The molecular weight excluding hydrogens is 449 g/mol. The van der Waals surface area contributed by atoms with E-state index < -0.39 is 29.3 Å². The molecule has 1 unspecified atom stereocenters. The molecule has 2 saturated heterocycles. The molecule has 1 aromatic carbocycles. The van der Waals surface area contributed by atoms with Crippen LogP contribution >= 0.6 is 0 Å². The number of likely N-dealkylation sites (tertiary alicyclic amines) is 1. The van der Waals surface area contributed by atoms with Gasteiger partial charge in [0.2, 0.25) is 11.8 Å². The first kappa shape index (κ1) is 23.6. The Labute approximate surface area is 194 Å². The van der Waals surface area contributed by atoms with Crippen molar-refractivity contribution in [3.8, 4) is 6.07 Å². The lowest BCUT2D eigenvalue weighted by Crippen LogP contribution is -2.45. The van der Waals surface area contributed by atoms with Crippen LogP contribution in [0.4, 0.5) is 18.9 Å². The topological polar surface area (TPSA) is 108 Å². The van der Waals surface area contributed by atoms with E-state index in [1.54, 1.807) is 18.3 Å². The summed E-state index contributed by atoms with van der Waals surface area (Å²) in [6, 6.07) is 6.39. The second-order valence-electron chi connectivity index (χ2n) is 9.13. The maximum Gasteiger partial charge on any atom is 0.417 e. The molecule has 2 N–H and O–H groups in total. The van der Waals surface area contributed by atoms with Crippen LogP contribution in [0, 0.1) is 23.7 Å². The Balaban J connectivity index is 1.48. The van der Waals surface area contributed by atoms with Crippen molar-refractivity contribution in [2.75, 3.05) is 24.5 Å². The minimum atomic E-state index is -4.62. The monoisotopic (exact) mass is 474 g/mol. The van der Waals surface area contributed by atoms with Gasteiger partial charge >= 0.3 is 6.18 Å². The quantitative estimate of drug-likeness (QED) is 0.732. The number of amides is 2. The maximum absolute atomic E-state index is 13.4. The number of nitrogens with two attached hydrogens (primary N) is 1. The fourth-order valence-electron chi connectivity index (χ4n) is 5.02. The summed E-state index contributed by atoms with van der Waals surface area (Å²) in [7, 11) is 0. The Morgan fingerprint density at radius 3 is 2.53 bits per heavy atom. The van der Waals surface area contributed by atoms with Gasteiger partial charge in [-0.15, -0.1) is 0 Å². The second-order valence-corrected chi connectivity index (χ2v) is 9.13. The van der Waals surface area contributed by atoms with Crippen molar-refractivity contribution in [1.82, 2.24) is 14.7 Å². The van der Waals surface area contributed by atoms with Gasteiger partial charge in [0.1, 0.15) is 12.6 Å². The zero-order valence-electron chi connectivity index (χ0n) is 18.7. The van der Waals surface area contributed by atoms with Crippen LogP contribution in [0.15, 0.2) is 30.5 Å². The third-order valence-corrected chi connectivity index (χ3v) is 6.85. The van der Waals surface area contributed by atoms with Gasteiger partial charge in [-0.3, -0.25) is 14.3 Å². The van der Waals surface area contributed by atoms with Gasteiger partial charge in [0.05, 0.1) is 22.9 Å². The number of benzene rings is 1. The molecule has 2 aromatic rings. The number of nitrogens with zero attached hydrogens (tertiary/aromatic N) is 5. The molecule has 0 radical (unpaired) electrons. The van der Waals surface area contributed by atoms with E-state index in [2.05, 4.69) is 5.10 Å². The van der Waals surface area contributed by atoms with E-state index in [1.165, 1.54) is 21.7 Å². The summed E-state index contributed by atoms with van der Waals surface area (Å²) >= 11 is 0. The van der Waals surface area contributed by atoms with Gasteiger partial charge in [-0.1, -0.05) is 0 Å². The lowest BCUT2D eigenvalue weighted by Gasteiger charge is -2.40. The number of hydrogen-bond acceptors (Lipinski definition) is 5. The molecule has 2 aliphatic rings. The van der Waals surface area contributed by atoms with Crippen LogP contribution in [-0.4, -0.2) is 52.2 Å². The molecule has 0 aliphatic carbocycles. The number of rotatable bonds is 4.